The molecule has 8 heteroatoms. The van der Waals surface area contributed by atoms with Crippen LogP contribution in [0.5, 0.6) is 0 Å². The quantitative estimate of drug-likeness (QED) is 0.0224. The molecular weight excluding hydrogens is 666 g/mol. The summed E-state index contributed by atoms with van der Waals surface area (Å²) in [5.41, 5.74) is 0. The van der Waals surface area contributed by atoms with Crippen LogP contribution in [0.3, 0.4) is 0 Å². The number of hydrogen-bond donors (Lipinski definition) is 1. The molecule has 0 amide bonds. The molecule has 0 rings (SSSR count). The normalized spacial score (nSPS) is 13.6. The first kappa shape index (κ1) is 50.0. The molecule has 0 aromatic carbocycles. The Balaban J connectivity index is 4.41. The zero-order chi connectivity index (χ0) is 39.3. The van der Waals surface area contributed by atoms with E-state index in [4.69, 9.17) is 14.2 Å². The number of carbonyl (C=O) groups is 3. The van der Waals surface area contributed by atoms with E-state index in [2.05, 4.69) is 74.6 Å². The lowest BCUT2D eigenvalue weighted by atomic mass is 10.1. The molecule has 53 heavy (non-hydrogen) atoms. The van der Waals surface area contributed by atoms with Gasteiger partial charge in [0.25, 0.3) is 0 Å². The van der Waals surface area contributed by atoms with E-state index in [1.165, 1.54) is 44.9 Å². The smallest absolute Gasteiger partial charge is 0.362 e. The maximum atomic E-state index is 12.7. The molecule has 0 heterocycles. The average Bonchev–Trinajstić information content (AvgIpc) is 3.11. The van der Waals surface area contributed by atoms with Gasteiger partial charge in [-0.1, -0.05) is 139 Å². The average molecular weight is 745 g/mol. The third-order valence-electron chi connectivity index (χ3n) is 8.97. The van der Waals surface area contributed by atoms with Gasteiger partial charge in [-0.25, -0.2) is 4.79 Å². The Hall–Kier alpha value is -2.97. The van der Waals surface area contributed by atoms with Crippen LogP contribution in [0.1, 0.15) is 155 Å². The molecule has 2 unspecified atom stereocenters. The van der Waals surface area contributed by atoms with Crippen molar-refractivity contribution < 1.29 is 38.2 Å². The summed E-state index contributed by atoms with van der Waals surface area (Å²) in [5, 5.41) is 9.60. The number of esters is 2. The number of ether oxygens (including phenoxy) is 3. The summed E-state index contributed by atoms with van der Waals surface area (Å²) in [6.07, 6.45) is 42.6. The molecule has 8 nitrogen and oxygen atoms in total. The van der Waals surface area contributed by atoms with Gasteiger partial charge in [0.1, 0.15) is 6.61 Å². The van der Waals surface area contributed by atoms with Crippen molar-refractivity contribution in [2.75, 3.05) is 41.0 Å². The largest absolute Gasteiger partial charge is 0.477 e. The van der Waals surface area contributed by atoms with E-state index in [-0.39, 0.29) is 36.2 Å². The highest BCUT2D eigenvalue weighted by Crippen LogP contribution is 2.14. The molecule has 2 atom stereocenters. The van der Waals surface area contributed by atoms with E-state index in [9.17, 15) is 19.5 Å². The van der Waals surface area contributed by atoms with Crippen LogP contribution < -0.4 is 0 Å². The van der Waals surface area contributed by atoms with Crippen LogP contribution in [0.4, 0.5) is 0 Å². The molecule has 0 aliphatic heterocycles. The fourth-order valence-electron chi connectivity index (χ4n) is 5.77. The second-order valence-corrected chi connectivity index (χ2v) is 14.9. The molecule has 0 radical (unpaired) electrons. The zero-order valence-corrected chi connectivity index (χ0v) is 34.4. The summed E-state index contributed by atoms with van der Waals surface area (Å²) in [6, 6.07) is -0.619. The molecular formula is C45H78NO7+. The number of carboxylic acid groups (broad SMARTS) is 1. The summed E-state index contributed by atoms with van der Waals surface area (Å²) in [5.74, 6) is -1.50. The van der Waals surface area contributed by atoms with Crippen LogP contribution in [-0.4, -0.2) is 80.6 Å². The van der Waals surface area contributed by atoms with Crippen LogP contribution in [0.25, 0.3) is 0 Å². The van der Waals surface area contributed by atoms with Crippen LogP contribution in [0.15, 0.2) is 60.8 Å². The van der Waals surface area contributed by atoms with E-state index in [1.807, 2.05) is 21.1 Å². The van der Waals surface area contributed by atoms with Crippen molar-refractivity contribution in [1.82, 2.24) is 0 Å². The number of hydrogen-bond acceptors (Lipinski definition) is 6. The van der Waals surface area contributed by atoms with E-state index < -0.39 is 18.1 Å². The summed E-state index contributed by atoms with van der Waals surface area (Å²) in [7, 11) is 5.51. The number of unbranched alkanes of at least 4 members (excludes halogenated alkanes) is 14. The maximum absolute atomic E-state index is 12.7. The Morgan fingerprint density at radius 3 is 1.66 bits per heavy atom. The molecule has 0 spiro atoms. The van der Waals surface area contributed by atoms with Crippen LogP contribution in [0.2, 0.25) is 0 Å². The molecule has 0 aromatic heterocycles. The lowest BCUT2D eigenvalue weighted by Gasteiger charge is -2.31. The second-order valence-electron chi connectivity index (χ2n) is 14.9. The first-order valence-corrected chi connectivity index (χ1v) is 20.9. The second kappa shape index (κ2) is 36.0. The van der Waals surface area contributed by atoms with Crippen LogP contribution in [-0.2, 0) is 28.6 Å². The number of likely N-dealkylation sites (N-methyl/N-ethyl adjacent to an activating group) is 1. The topological polar surface area (TPSA) is 99.1 Å². The SMILES string of the molecule is CC/C=C/C=C/C=C/CCCCCCCCCC(=O)OC(COCCC(C(=O)O)[N+](C)(C)C)COC(=O)CCCCCCCCC/C=C/C/C=C/CC. The van der Waals surface area contributed by atoms with Crippen molar-refractivity contribution in [3.63, 3.8) is 0 Å². The van der Waals surface area contributed by atoms with Crippen molar-refractivity contribution >= 4 is 17.9 Å². The summed E-state index contributed by atoms with van der Waals surface area (Å²) in [4.78, 5) is 36.9. The highest BCUT2D eigenvalue weighted by atomic mass is 16.6. The van der Waals surface area contributed by atoms with Gasteiger partial charge >= 0.3 is 17.9 Å². The summed E-state index contributed by atoms with van der Waals surface area (Å²) in [6.45, 7) is 4.46. The first-order valence-electron chi connectivity index (χ1n) is 20.9. The van der Waals surface area contributed by atoms with Gasteiger partial charge in [0, 0.05) is 19.3 Å². The fraction of sp³-hybridized carbons (Fsp3) is 0.711. The number of rotatable bonds is 36. The Morgan fingerprint density at radius 2 is 1.09 bits per heavy atom. The van der Waals surface area contributed by atoms with Gasteiger partial charge in [0.2, 0.25) is 0 Å². The van der Waals surface area contributed by atoms with Crippen molar-refractivity contribution in [1.29, 1.82) is 0 Å². The predicted octanol–water partition coefficient (Wildman–Crippen LogP) is 11.0. The molecule has 0 aliphatic rings. The minimum atomic E-state index is -0.881. The van der Waals surface area contributed by atoms with Gasteiger partial charge in [-0.15, -0.1) is 0 Å². The lowest BCUT2D eigenvalue weighted by molar-refractivity contribution is -0.887. The number of aliphatic carboxylic acids is 1. The standard InChI is InChI=1S/C45H77NO7/c1-6-8-10-12-14-16-18-20-22-24-26-28-30-32-34-36-44(48)53-41(39-51-38-37-42(45(49)50)46(3,4)5)40-52-43(47)35-33-31-29-27-25-23-21-19-17-15-13-11-9-7-2/h8-12,14-18,41-42H,6-7,13,19-40H2,1-5H3/p+1/b10-8+,11-9+,14-12+,17-15+,18-16+. The van der Waals surface area contributed by atoms with Crippen LogP contribution in [0, 0.1) is 0 Å². The van der Waals surface area contributed by atoms with Gasteiger partial charge in [-0.3, -0.25) is 9.59 Å². The third kappa shape index (κ3) is 34.5. The first-order chi connectivity index (χ1) is 25.6. The maximum Gasteiger partial charge on any atom is 0.362 e. The number of carboxylic acids is 1. The molecule has 1 N–H and O–H groups in total. The van der Waals surface area contributed by atoms with Gasteiger partial charge in [-0.05, 0) is 57.8 Å². The number of allylic oxidation sites excluding steroid dienone is 10. The highest BCUT2D eigenvalue weighted by Gasteiger charge is 2.31. The van der Waals surface area contributed by atoms with Crippen molar-refractivity contribution in [2.24, 2.45) is 0 Å². The predicted molar refractivity (Wildman–Crippen MR) is 220 cm³/mol. The van der Waals surface area contributed by atoms with Crippen molar-refractivity contribution in [3.05, 3.63) is 60.8 Å². The minimum absolute atomic E-state index is 0.0512. The highest BCUT2D eigenvalue weighted by molar-refractivity contribution is 5.72. The van der Waals surface area contributed by atoms with E-state index in [0.29, 0.717) is 19.3 Å². The monoisotopic (exact) mass is 745 g/mol. The van der Waals surface area contributed by atoms with Gasteiger partial charge in [0.15, 0.2) is 12.1 Å². The van der Waals surface area contributed by atoms with E-state index >= 15 is 0 Å². The Labute approximate surface area is 324 Å². The Bertz CT molecular complexity index is 1050. The summed E-state index contributed by atoms with van der Waals surface area (Å²) >= 11 is 0. The van der Waals surface area contributed by atoms with Gasteiger partial charge < -0.3 is 23.8 Å². The molecule has 0 aromatic rings. The third-order valence-corrected chi connectivity index (χ3v) is 8.97. The number of nitrogens with zero attached hydrogens (tertiary/aromatic N) is 1. The Morgan fingerprint density at radius 1 is 0.585 bits per heavy atom. The summed E-state index contributed by atoms with van der Waals surface area (Å²) < 4.78 is 17.2. The Kier molecular flexibility index (Phi) is 34.0. The van der Waals surface area contributed by atoms with Gasteiger partial charge in [0.05, 0.1) is 34.4 Å². The van der Waals surface area contributed by atoms with E-state index in [1.54, 1.807) is 0 Å². The molecule has 0 saturated carbocycles. The lowest BCUT2D eigenvalue weighted by Crippen LogP contribution is -2.50. The van der Waals surface area contributed by atoms with Crippen LogP contribution >= 0.6 is 0 Å². The van der Waals surface area contributed by atoms with E-state index in [0.717, 1.165) is 77.0 Å². The molecule has 0 saturated heterocycles. The molecule has 0 fully saturated rings. The zero-order valence-electron chi connectivity index (χ0n) is 34.4. The molecule has 0 aliphatic carbocycles. The number of carbonyl (C=O) groups excluding carboxylic acids is 2. The molecule has 304 valence electrons. The molecule has 0 bridgehead atoms. The van der Waals surface area contributed by atoms with Crippen molar-refractivity contribution in [2.45, 2.75) is 167 Å². The minimum Gasteiger partial charge on any atom is -0.477 e. The fourth-order valence-corrected chi connectivity index (χ4v) is 5.77. The van der Waals surface area contributed by atoms with Crippen molar-refractivity contribution in [3.8, 4) is 0 Å². The van der Waals surface area contributed by atoms with Gasteiger partial charge in [-0.2, -0.15) is 0 Å². The number of quaternary nitrogens is 1.